The third-order valence-corrected chi connectivity index (χ3v) is 6.86. The standard InChI is InChI=1S/C18H24ClN3O2S/c1-14(2)18-20-8-11-21(18)13-15-6-9-22(10-7-15)25(23,24)17-5-3-4-16(19)12-17/h3-5,8,11-12,14-15H,6-7,9-10,13H2,1-2H3. The Labute approximate surface area is 154 Å². The Bertz CT molecular complexity index is 824. The van der Waals surface area contributed by atoms with Crippen molar-refractivity contribution in [2.45, 2.75) is 44.0 Å². The van der Waals surface area contributed by atoms with Crippen LogP contribution in [0.1, 0.15) is 38.4 Å². The summed E-state index contributed by atoms with van der Waals surface area (Å²) in [7, 11) is -3.46. The Morgan fingerprint density at radius 1 is 1.28 bits per heavy atom. The van der Waals surface area contributed by atoms with Gasteiger partial charge >= 0.3 is 0 Å². The summed E-state index contributed by atoms with van der Waals surface area (Å²) < 4.78 is 29.3. The fourth-order valence-electron chi connectivity index (χ4n) is 3.36. The topological polar surface area (TPSA) is 55.2 Å². The number of sulfonamides is 1. The molecule has 0 bridgehead atoms. The molecule has 0 aliphatic carbocycles. The second kappa shape index (κ2) is 7.48. The highest BCUT2D eigenvalue weighted by Crippen LogP contribution is 2.26. The molecule has 1 aromatic heterocycles. The molecule has 1 aliphatic heterocycles. The van der Waals surface area contributed by atoms with Crippen LogP contribution in [-0.2, 0) is 16.6 Å². The molecule has 0 spiro atoms. The lowest BCUT2D eigenvalue weighted by Gasteiger charge is -2.31. The highest BCUT2D eigenvalue weighted by molar-refractivity contribution is 7.89. The lowest BCUT2D eigenvalue weighted by Crippen LogP contribution is -2.39. The maximum atomic E-state index is 12.8. The van der Waals surface area contributed by atoms with Crippen molar-refractivity contribution >= 4 is 21.6 Å². The summed E-state index contributed by atoms with van der Waals surface area (Å²) in [5, 5.41) is 0.442. The molecule has 7 heteroatoms. The Balaban J connectivity index is 1.64. The van der Waals surface area contributed by atoms with Gasteiger partial charge in [-0.05, 0) is 37.0 Å². The van der Waals surface area contributed by atoms with E-state index in [2.05, 4.69) is 23.4 Å². The van der Waals surface area contributed by atoms with Gasteiger partial charge in [-0.2, -0.15) is 4.31 Å². The second-order valence-corrected chi connectivity index (χ2v) is 9.27. The molecule has 0 N–H and O–H groups in total. The van der Waals surface area contributed by atoms with Gasteiger partial charge in [0.2, 0.25) is 10.0 Å². The molecule has 0 unspecified atom stereocenters. The summed E-state index contributed by atoms with van der Waals surface area (Å²) in [5.41, 5.74) is 0. The van der Waals surface area contributed by atoms with E-state index in [0.717, 1.165) is 25.2 Å². The summed E-state index contributed by atoms with van der Waals surface area (Å²) in [6.07, 6.45) is 5.57. The minimum atomic E-state index is -3.46. The average Bonchev–Trinajstić information content (AvgIpc) is 3.04. The fraction of sp³-hybridized carbons (Fsp3) is 0.500. The zero-order chi connectivity index (χ0) is 18.0. The molecule has 0 saturated carbocycles. The van der Waals surface area contributed by atoms with Crippen molar-refractivity contribution in [3.05, 3.63) is 47.5 Å². The van der Waals surface area contributed by atoms with Crippen LogP contribution in [0.3, 0.4) is 0 Å². The molecular formula is C18H24ClN3O2S. The van der Waals surface area contributed by atoms with E-state index < -0.39 is 10.0 Å². The molecule has 1 fully saturated rings. The van der Waals surface area contributed by atoms with Crippen LogP contribution in [0.25, 0.3) is 0 Å². The summed E-state index contributed by atoms with van der Waals surface area (Å²) >= 11 is 5.94. The van der Waals surface area contributed by atoms with Crippen molar-refractivity contribution < 1.29 is 8.42 Å². The Morgan fingerprint density at radius 3 is 2.64 bits per heavy atom. The number of aromatic nitrogens is 2. The lowest BCUT2D eigenvalue weighted by atomic mass is 9.98. The average molecular weight is 382 g/mol. The van der Waals surface area contributed by atoms with Crippen LogP contribution in [0.4, 0.5) is 0 Å². The van der Waals surface area contributed by atoms with E-state index in [1.54, 1.807) is 22.5 Å². The van der Waals surface area contributed by atoms with Gasteiger partial charge < -0.3 is 4.57 Å². The summed E-state index contributed by atoms with van der Waals surface area (Å²) in [5.74, 6) is 1.95. The summed E-state index contributed by atoms with van der Waals surface area (Å²) in [4.78, 5) is 4.70. The zero-order valence-electron chi connectivity index (χ0n) is 14.6. The van der Waals surface area contributed by atoms with Gasteiger partial charge in [0.15, 0.2) is 0 Å². The molecule has 25 heavy (non-hydrogen) atoms. The first-order valence-corrected chi connectivity index (χ1v) is 10.5. The van der Waals surface area contributed by atoms with E-state index in [0.29, 0.717) is 29.9 Å². The quantitative estimate of drug-likeness (QED) is 0.792. The first-order chi connectivity index (χ1) is 11.9. The number of benzene rings is 1. The van der Waals surface area contributed by atoms with E-state index in [1.165, 1.54) is 6.07 Å². The third-order valence-electron chi connectivity index (χ3n) is 4.73. The van der Waals surface area contributed by atoms with Crippen LogP contribution in [0.5, 0.6) is 0 Å². The smallest absolute Gasteiger partial charge is 0.243 e. The van der Waals surface area contributed by atoms with Crippen molar-refractivity contribution in [1.82, 2.24) is 13.9 Å². The minimum absolute atomic E-state index is 0.273. The van der Waals surface area contributed by atoms with Gasteiger partial charge in [0.05, 0.1) is 4.90 Å². The lowest BCUT2D eigenvalue weighted by molar-refractivity contribution is 0.251. The van der Waals surface area contributed by atoms with Crippen LogP contribution in [0.15, 0.2) is 41.6 Å². The number of halogens is 1. The van der Waals surface area contributed by atoms with E-state index in [9.17, 15) is 8.42 Å². The molecule has 136 valence electrons. The highest BCUT2D eigenvalue weighted by atomic mass is 35.5. The van der Waals surface area contributed by atoms with Crippen LogP contribution >= 0.6 is 11.6 Å². The maximum absolute atomic E-state index is 12.8. The van der Waals surface area contributed by atoms with Gasteiger partial charge in [-0.15, -0.1) is 0 Å². The summed E-state index contributed by atoms with van der Waals surface area (Å²) in [6.45, 7) is 6.27. The number of piperidine rings is 1. The van der Waals surface area contributed by atoms with Crippen LogP contribution in [0, 0.1) is 5.92 Å². The van der Waals surface area contributed by atoms with Crippen LogP contribution < -0.4 is 0 Å². The number of nitrogens with zero attached hydrogens (tertiary/aromatic N) is 3. The SMILES string of the molecule is CC(C)c1nccn1CC1CCN(S(=O)(=O)c2cccc(Cl)c2)CC1. The summed E-state index contributed by atoms with van der Waals surface area (Å²) in [6, 6.07) is 6.48. The molecule has 2 heterocycles. The van der Waals surface area contributed by atoms with Crippen molar-refractivity contribution in [3.8, 4) is 0 Å². The van der Waals surface area contributed by atoms with E-state index in [1.807, 2.05) is 12.4 Å². The van der Waals surface area contributed by atoms with Crippen LogP contribution in [-0.4, -0.2) is 35.4 Å². The van der Waals surface area contributed by atoms with E-state index in [4.69, 9.17) is 11.6 Å². The molecule has 1 aromatic carbocycles. The number of hydrogen-bond acceptors (Lipinski definition) is 3. The Hall–Kier alpha value is -1.37. The number of hydrogen-bond donors (Lipinski definition) is 0. The van der Waals surface area contributed by atoms with E-state index in [-0.39, 0.29) is 4.90 Å². The maximum Gasteiger partial charge on any atom is 0.243 e. The largest absolute Gasteiger partial charge is 0.334 e. The van der Waals surface area contributed by atoms with Gasteiger partial charge in [0.25, 0.3) is 0 Å². The predicted octanol–water partition coefficient (Wildman–Crippen LogP) is 3.76. The molecule has 1 aliphatic rings. The minimum Gasteiger partial charge on any atom is -0.334 e. The Morgan fingerprint density at radius 2 is 2.00 bits per heavy atom. The first-order valence-electron chi connectivity index (χ1n) is 8.64. The van der Waals surface area contributed by atoms with Gasteiger partial charge in [0, 0.05) is 43.0 Å². The second-order valence-electron chi connectivity index (χ2n) is 6.90. The van der Waals surface area contributed by atoms with Gasteiger partial charge in [0.1, 0.15) is 5.82 Å². The third kappa shape index (κ3) is 4.07. The predicted molar refractivity (Wildman–Crippen MR) is 99.3 cm³/mol. The van der Waals surface area contributed by atoms with Gasteiger partial charge in [-0.1, -0.05) is 31.5 Å². The number of imidazole rings is 1. The highest BCUT2D eigenvalue weighted by Gasteiger charge is 2.29. The Kier molecular flexibility index (Phi) is 5.51. The zero-order valence-corrected chi connectivity index (χ0v) is 16.2. The van der Waals surface area contributed by atoms with E-state index >= 15 is 0 Å². The molecule has 0 atom stereocenters. The van der Waals surface area contributed by atoms with Gasteiger partial charge in [-0.3, -0.25) is 0 Å². The molecule has 3 rings (SSSR count). The van der Waals surface area contributed by atoms with Crippen LogP contribution in [0.2, 0.25) is 5.02 Å². The molecule has 2 aromatic rings. The van der Waals surface area contributed by atoms with Crippen molar-refractivity contribution in [2.24, 2.45) is 5.92 Å². The van der Waals surface area contributed by atoms with Gasteiger partial charge in [-0.25, -0.2) is 13.4 Å². The first kappa shape index (κ1) is 18.4. The molecule has 5 nitrogen and oxygen atoms in total. The number of rotatable bonds is 5. The molecular weight excluding hydrogens is 358 g/mol. The fourth-order valence-corrected chi connectivity index (χ4v) is 5.13. The van der Waals surface area contributed by atoms with Crippen molar-refractivity contribution in [3.63, 3.8) is 0 Å². The molecule has 1 saturated heterocycles. The monoisotopic (exact) mass is 381 g/mol. The van der Waals surface area contributed by atoms with Crippen molar-refractivity contribution in [1.29, 1.82) is 0 Å². The molecule has 0 radical (unpaired) electrons. The molecule has 0 amide bonds. The normalized spacial score (nSPS) is 17.3. The van der Waals surface area contributed by atoms with Crippen molar-refractivity contribution in [2.75, 3.05) is 13.1 Å².